The summed E-state index contributed by atoms with van der Waals surface area (Å²) in [4.78, 5) is 17.2. The molecule has 0 fully saturated rings. The van der Waals surface area contributed by atoms with Crippen molar-refractivity contribution in [2.75, 3.05) is 0 Å². The van der Waals surface area contributed by atoms with Crippen LogP contribution in [0.2, 0.25) is 0 Å². The van der Waals surface area contributed by atoms with Gasteiger partial charge in [-0.3, -0.25) is 4.79 Å². The molecular weight excluding hydrogens is 326 g/mol. The van der Waals surface area contributed by atoms with Crippen molar-refractivity contribution < 1.29 is 9.32 Å². The number of hydrogen-bond acceptors (Lipinski definition) is 4. The van der Waals surface area contributed by atoms with Crippen LogP contribution in [-0.2, 0) is 0 Å². The Labute approximate surface area is 153 Å². The van der Waals surface area contributed by atoms with Crippen LogP contribution in [0.3, 0.4) is 0 Å². The summed E-state index contributed by atoms with van der Waals surface area (Å²) in [7, 11) is 0. The van der Waals surface area contributed by atoms with Gasteiger partial charge >= 0.3 is 0 Å². The summed E-state index contributed by atoms with van der Waals surface area (Å²) < 4.78 is 5.49. The summed E-state index contributed by atoms with van der Waals surface area (Å²) in [5, 5.41) is 7.12. The van der Waals surface area contributed by atoms with Gasteiger partial charge in [0.15, 0.2) is 0 Å². The molecular formula is C21H23N3O2. The second-order valence-corrected chi connectivity index (χ2v) is 7.46. The first kappa shape index (κ1) is 17.9. The van der Waals surface area contributed by atoms with E-state index >= 15 is 0 Å². The van der Waals surface area contributed by atoms with Gasteiger partial charge in [-0.25, -0.2) is 0 Å². The maximum absolute atomic E-state index is 12.7. The quantitative estimate of drug-likeness (QED) is 0.749. The third-order valence-electron chi connectivity index (χ3n) is 4.14. The van der Waals surface area contributed by atoms with Gasteiger partial charge in [0.25, 0.3) is 5.91 Å². The molecule has 1 amide bonds. The Morgan fingerprint density at radius 3 is 2.46 bits per heavy atom. The van der Waals surface area contributed by atoms with Crippen molar-refractivity contribution >= 4 is 5.91 Å². The molecule has 3 rings (SSSR count). The Bertz CT molecular complexity index is 895. The highest BCUT2D eigenvalue weighted by Gasteiger charge is 2.33. The van der Waals surface area contributed by atoms with Crippen LogP contribution in [0.25, 0.3) is 11.4 Å². The lowest BCUT2D eigenvalue weighted by Crippen LogP contribution is -2.36. The highest BCUT2D eigenvalue weighted by atomic mass is 16.5. The van der Waals surface area contributed by atoms with Crippen LogP contribution in [-0.4, -0.2) is 16.0 Å². The van der Waals surface area contributed by atoms with Crippen molar-refractivity contribution in [2.45, 2.75) is 33.7 Å². The van der Waals surface area contributed by atoms with Gasteiger partial charge in [-0.15, -0.1) is 0 Å². The smallest absolute Gasteiger partial charge is 0.251 e. The minimum atomic E-state index is -0.402. The van der Waals surface area contributed by atoms with Gasteiger partial charge in [0, 0.05) is 11.1 Å². The second kappa shape index (κ2) is 7.12. The molecule has 1 aromatic heterocycles. The molecule has 2 aromatic carbocycles. The van der Waals surface area contributed by atoms with E-state index in [-0.39, 0.29) is 11.3 Å². The molecule has 0 aliphatic carbocycles. The molecule has 0 spiro atoms. The molecule has 3 aromatic rings. The van der Waals surface area contributed by atoms with Gasteiger partial charge in [-0.05, 0) is 24.5 Å². The van der Waals surface area contributed by atoms with Crippen molar-refractivity contribution in [3.05, 3.63) is 71.6 Å². The summed E-state index contributed by atoms with van der Waals surface area (Å²) in [5.41, 5.74) is 2.23. The number of nitrogens with one attached hydrogen (secondary N) is 1. The topological polar surface area (TPSA) is 68.0 Å². The van der Waals surface area contributed by atoms with E-state index in [1.54, 1.807) is 6.07 Å². The number of aryl methyl sites for hydroxylation is 1. The lowest BCUT2D eigenvalue weighted by molar-refractivity contribution is 0.0880. The van der Waals surface area contributed by atoms with Crippen LogP contribution in [0, 0.1) is 12.3 Å². The van der Waals surface area contributed by atoms with Crippen LogP contribution in [0.1, 0.15) is 48.6 Å². The van der Waals surface area contributed by atoms with Crippen LogP contribution in [0.5, 0.6) is 0 Å². The lowest BCUT2D eigenvalue weighted by Gasteiger charge is -2.28. The standard InChI is InChI=1S/C21H23N3O2/c1-14-9-8-12-16(13-14)19(25)22-17(21(2,3)4)20-23-18(24-26-20)15-10-6-5-7-11-15/h5-13,17H,1-4H3,(H,22,25)/t17-/m0/s1. The Kier molecular flexibility index (Phi) is 4.89. The zero-order valence-corrected chi connectivity index (χ0v) is 15.5. The van der Waals surface area contributed by atoms with E-state index in [0.717, 1.165) is 11.1 Å². The van der Waals surface area contributed by atoms with E-state index in [2.05, 4.69) is 15.5 Å². The van der Waals surface area contributed by atoms with Gasteiger partial charge in [0.2, 0.25) is 11.7 Å². The third kappa shape index (κ3) is 3.99. The number of benzene rings is 2. The van der Waals surface area contributed by atoms with Crippen molar-refractivity contribution in [2.24, 2.45) is 5.41 Å². The van der Waals surface area contributed by atoms with Gasteiger partial charge in [-0.1, -0.05) is 74.0 Å². The maximum atomic E-state index is 12.7. The van der Waals surface area contributed by atoms with E-state index in [9.17, 15) is 4.79 Å². The normalized spacial score (nSPS) is 12.6. The number of hydrogen-bond donors (Lipinski definition) is 1. The molecule has 0 aliphatic heterocycles. The first-order chi connectivity index (χ1) is 12.3. The SMILES string of the molecule is Cc1cccc(C(=O)N[C@@H](c2nc(-c3ccccc3)no2)C(C)(C)C)c1. The number of rotatable bonds is 4. The fourth-order valence-electron chi connectivity index (χ4n) is 2.71. The molecule has 0 bridgehead atoms. The molecule has 1 heterocycles. The molecule has 1 N–H and O–H groups in total. The first-order valence-corrected chi connectivity index (χ1v) is 8.61. The summed E-state index contributed by atoms with van der Waals surface area (Å²) in [5.74, 6) is 0.755. The van der Waals surface area contributed by atoms with E-state index in [0.29, 0.717) is 17.3 Å². The van der Waals surface area contributed by atoms with Crippen molar-refractivity contribution in [3.8, 4) is 11.4 Å². The Morgan fingerprint density at radius 1 is 1.08 bits per heavy atom. The molecule has 5 heteroatoms. The Morgan fingerprint density at radius 2 is 1.81 bits per heavy atom. The van der Waals surface area contributed by atoms with Crippen LogP contribution >= 0.6 is 0 Å². The monoisotopic (exact) mass is 349 g/mol. The van der Waals surface area contributed by atoms with Crippen molar-refractivity contribution in [1.29, 1.82) is 0 Å². The maximum Gasteiger partial charge on any atom is 0.251 e. The summed E-state index contributed by atoms with van der Waals surface area (Å²) in [6, 6.07) is 16.7. The van der Waals surface area contributed by atoms with Crippen molar-refractivity contribution in [1.82, 2.24) is 15.5 Å². The summed E-state index contributed by atoms with van der Waals surface area (Å²) in [6.07, 6.45) is 0. The molecule has 0 saturated carbocycles. The van der Waals surface area contributed by atoms with E-state index in [4.69, 9.17) is 4.52 Å². The van der Waals surface area contributed by atoms with Crippen LogP contribution < -0.4 is 5.32 Å². The zero-order chi connectivity index (χ0) is 18.7. The predicted octanol–water partition coefficient (Wildman–Crippen LogP) is 4.56. The highest BCUT2D eigenvalue weighted by Crippen LogP contribution is 2.33. The predicted molar refractivity (Wildman–Crippen MR) is 101 cm³/mol. The van der Waals surface area contributed by atoms with Gasteiger partial charge in [-0.2, -0.15) is 4.98 Å². The molecule has 0 unspecified atom stereocenters. The number of aromatic nitrogens is 2. The Balaban J connectivity index is 1.88. The van der Waals surface area contributed by atoms with Gasteiger partial charge in [0.1, 0.15) is 6.04 Å². The molecule has 26 heavy (non-hydrogen) atoms. The molecule has 134 valence electrons. The van der Waals surface area contributed by atoms with E-state index in [1.165, 1.54) is 0 Å². The second-order valence-electron chi connectivity index (χ2n) is 7.46. The third-order valence-corrected chi connectivity index (χ3v) is 4.14. The number of nitrogens with zero attached hydrogens (tertiary/aromatic N) is 2. The molecule has 0 saturated heterocycles. The molecule has 0 aliphatic rings. The average Bonchev–Trinajstić information content (AvgIpc) is 3.09. The zero-order valence-electron chi connectivity index (χ0n) is 15.5. The van der Waals surface area contributed by atoms with Crippen molar-refractivity contribution in [3.63, 3.8) is 0 Å². The fourth-order valence-corrected chi connectivity index (χ4v) is 2.71. The lowest BCUT2D eigenvalue weighted by atomic mass is 9.86. The van der Waals surface area contributed by atoms with E-state index < -0.39 is 6.04 Å². The summed E-state index contributed by atoms with van der Waals surface area (Å²) >= 11 is 0. The van der Waals surface area contributed by atoms with Gasteiger partial charge < -0.3 is 9.84 Å². The fraction of sp³-hybridized carbons (Fsp3) is 0.286. The highest BCUT2D eigenvalue weighted by molar-refractivity contribution is 5.94. The molecule has 0 radical (unpaired) electrons. The number of amides is 1. The Hall–Kier alpha value is -2.95. The van der Waals surface area contributed by atoms with Crippen LogP contribution in [0.4, 0.5) is 0 Å². The number of carbonyl (C=O) groups is 1. The van der Waals surface area contributed by atoms with Gasteiger partial charge in [0.05, 0.1) is 0 Å². The minimum absolute atomic E-state index is 0.159. The average molecular weight is 349 g/mol. The molecule has 1 atom stereocenters. The molecule has 5 nitrogen and oxygen atoms in total. The summed E-state index contributed by atoms with van der Waals surface area (Å²) in [6.45, 7) is 8.05. The first-order valence-electron chi connectivity index (χ1n) is 8.61. The largest absolute Gasteiger partial charge is 0.340 e. The number of carbonyl (C=O) groups excluding carboxylic acids is 1. The van der Waals surface area contributed by atoms with E-state index in [1.807, 2.05) is 76.2 Å². The minimum Gasteiger partial charge on any atom is -0.340 e. The van der Waals surface area contributed by atoms with Crippen LogP contribution in [0.15, 0.2) is 59.1 Å².